The molecule has 3 rings (SSSR count). The Balaban J connectivity index is 1.78. The van der Waals surface area contributed by atoms with Gasteiger partial charge in [0.15, 0.2) is 0 Å². The lowest BCUT2D eigenvalue weighted by Gasteiger charge is -2.22. The quantitative estimate of drug-likeness (QED) is 0.694. The van der Waals surface area contributed by atoms with Gasteiger partial charge in [-0.3, -0.25) is 9.89 Å². The maximum absolute atomic E-state index is 12.8. The van der Waals surface area contributed by atoms with E-state index in [9.17, 15) is 4.79 Å². The molecular formula is C21H22ClN3O. The number of amides is 1. The van der Waals surface area contributed by atoms with E-state index in [0.717, 1.165) is 22.5 Å². The zero-order valence-corrected chi connectivity index (χ0v) is 15.7. The van der Waals surface area contributed by atoms with Crippen LogP contribution >= 0.6 is 11.6 Å². The van der Waals surface area contributed by atoms with Crippen molar-refractivity contribution in [3.63, 3.8) is 0 Å². The first kappa shape index (κ1) is 18.2. The summed E-state index contributed by atoms with van der Waals surface area (Å²) in [5, 5.41) is 7.81. The minimum absolute atomic E-state index is 0.00987. The second kappa shape index (κ2) is 8.19. The SMILES string of the molecule is Cc1cc(CN(C)C(=O)C[C@H](c2ccccc2)c2ccc(Cl)cc2)n[nH]1. The fourth-order valence-electron chi connectivity index (χ4n) is 3.03. The average Bonchev–Trinajstić information content (AvgIpc) is 3.06. The standard InChI is InChI=1S/C21H22ClN3O/c1-15-12-19(24-23-15)14-25(2)21(26)13-20(16-6-4-3-5-7-16)17-8-10-18(22)11-9-17/h3-12,20H,13-14H2,1-2H3,(H,23,24)/t20-/m1/s1. The van der Waals surface area contributed by atoms with Gasteiger partial charge in [0.25, 0.3) is 0 Å². The van der Waals surface area contributed by atoms with Gasteiger partial charge in [-0.05, 0) is 36.2 Å². The summed E-state index contributed by atoms with van der Waals surface area (Å²) in [6.07, 6.45) is 0.394. The zero-order chi connectivity index (χ0) is 18.5. The van der Waals surface area contributed by atoms with E-state index in [-0.39, 0.29) is 11.8 Å². The van der Waals surface area contributed by atoms with Crippen molar-refractivity contribution in [2.75, 3.05) is 7.05 Å². The molecule has 2 aromatic carbocycles. The van der Waals surface area contributed by atoms with Crippen LogP contribution in [0.1, 0.15) is 34.9 Å². The number of halogens is 1. The largest absolute Gasteiger partial charge is 0.340 e. The summed E-state index contributed by atoms with van der Waals surface area (Å²) in [6.45, 7) is 2.44. The Hall–Kier alpha value is -2.59. The highest BCUT2D eigenvalue weighted by Gasteiger charge is 2.21. The molecule has 0 radical (unpaired) electrons. The first-order chi connectivity index (χ1) is 12.5. The molecule has 0 bridgehead atoms. The molecule has 0 aliphatic carbocycles. The van der Waals surface area contributed by atoms with Crippen molar-refractivity contribution >= 4 is 17.5 Å². The van der Waals surface area contributed by atoms with Gasteiger partial charge < -0.3 is 4.90 Å². The fourth-order valence-corrected chi connectivity index (χ4v) is 3.15. The second-order valence-corrected chi connectivity index (χ2v) is 6.95. The number of aromatic nitrogens is 2. The molecule has 0 aliphatic rings. The predicted octanol–water partition coefficient (Wildman–Crippen LogP) is 4.55. The van der Waals surface area contributed by atoms with Gasteiger partial charge in [0.1, 0.15) is 0 Å². The number of carbonyl (C=O) groups excluding carboxylic acids is 1. The molecule has 0 unspecified atom stereocenters. The molecule has 134 valence electrons. The highest BCUT2D eigenvalue weighted by atomic mass is 35.5. The average molecular weight is 368 g/mol. The smallest absolute Gasteiger partial charge is 0.223 e. The van der Waals surface area contributed by atoms with Gasteiger partial charge in [-0.1, -0.05) is 54.1 Å². The van der Waals surface area contributed by atoms with Crippen LogP contribution in [-0.4, -0.2) is 28.1 Å². The van der Waals surface area contributed by atoms with Crippen LogP contribution in [-0.2, 0) is 11.3 Å². The van der Waals surface area contributed by atoms with Crippen LogP contribution in [0.15, 0.2) is 60.7 Å². The molecule has 1 heterocycles. The van der Waals surface area contributed by atoms with E-state index in [1.165, 1.54) is 0 Å². The molecular weight excluding hydrogens is 346 g/mol. The van der Waals surface area contributed by atoms with Gasteiger partial charge in [-0.25, -0.2) is 0 Å². The van der Waals surface area contributed by atoms with Crippen molar-refractivity contribution in [3.8, 4) is 0 Å². The molecule has 0 aliphatic heterocycles. The van der Waals surface area contributed by atoms with E-state index in [4.69, 9.17) is 11.6 Å². The number of hydrogen-bond donors (Lipinski definition) is 1. The van der Waals surface area contributed by atoms with Crippen LogP contribution in [0.2, 0.25) is 5.02 Å². The number of aryl methyl sites for hydroxylation is 1. The minimum Gasteiger partial charge on any atom is -0.340 e. The van der Waals surface area contributed by atoms with Gasteiger partial charge in [-0.15, -0.1) is 0 Å². The first-order valence-electron chi connectivity index (χ1n) is 8.58. The van der Waals surface area contributed by atoms with E-state index in [1.54, 1.807) is 4.90 Å². The summed E-state index contributed by atoms with van der Waals surface area (Å²) < 4.78 is 0. The number of rotatable bonds is 6. The van der Waals surface area contributed by atoms with Gasteiger partial charge in [0.2, 0.25) is 5.91 Å². The summed E-state index contributed by atoms with van der Waals surface area (Å²) in [6, 6.07) is 19.8. The Bertz CT molecular complexity index is 858. The highest BCUT2D eigenvalue weighted by Crippen LogP contribution is 2.29. The lowest BCUT2D eigenvalue weighted by Crippen LogP contribution is -2.28. The molecule has 4 nitrogen and oxygen atoms in total. The van der Waals surface area contributed by atoms with Crippen molar-refractivity contribution in [2.24, 2.45) is 0 Å². The summed E-state index contributed by atoms with van der Waals surface area (Å²) in [4.78, 5) is 14.6. The van der Waals surface area contributed by atoms with Gasteiger partial charge in [-0.2, -0.15) is 5.10 Å². The first-order valence-corrected chi connectivity index (χ1v) is 8.96. The van der Waals surface area contributed by atoms with Crippen LogP contribution in [0.3, 0.4) is 0 Å². The van der Waals surface area contributed by atoms with Crippen molar-refractivity contribution < 1.29 is 4.79 Å². The maximum atomic E-state index is 12.8. The van der Waals surface area contributed by atoms with Crippen LogP contribution in [0.25, 0.3) is 0 Å². The van der Waals surface area contributed by atoms with E-state index >= 15 is 0 Å². The van der Waals surface area contributed by atoms with Gasteiger partial charge in [0, 0.05) is 30.1 Å². The van der Waals surface area contributed by atoms with Crippen molar-refractivity contribution in [1.82, 2.24) is 15.1 Å². The minimum atomic E-state index is -0.00987. The molecule has 1 amide bonds. The number of nitrogens with one attached hydrogen (secondary N) is 1. The molecule has 5 heteroatoms. The maximum Gasteiger partial charge on any atom is 0.223 e. The normalized spacial score (nSPS) is 12.0. The Kier molecular flexibility index (Phi) is 5.74. The molecule has 0 saturated carbocycles. The van der Waals surface area contributed by atoms with Gasteiger partial charge in [0.05, 0.1) is 12.2 Å². The molecule has 3 aromatic rings. The summed E-state index contributed by atoms with van der Waals surface area (Å²) in [5.74, 6) is 0.0683. The van der Waals surface area contributed by atoms with Crippen LogP contribution in [0, 0.1) is 6.92 Å². The Morgan fingerprint density at radius 1 is 1.12 bits per heavy atom. The summed E-state index contributed by atoms with van der Waals surface area (Å²) in [5.41, 5.74) is 4.05. The van der Waals surface area contributed by atoms with Crippen molar-refractivity contribution in [3.05, 3.63) is 88.2 Å². The lowest BCUT2D eigenvalue weighted by atomic mass is 9.88. The molecule has 0 fully saturated rings. The number of carbonyl (C=O) groups is 1. The molecule has 1 N–H and O–H groups in total. The molecule has 0 spiro atoms. The van der Waals surface area contributed by atoms with Gasteiger partial charge >= 0.3 is 0 Å². The zero-order valence-electron chi connectivity index (χ0n) is 14.9. The molecule has 0 saturated heterocycles. The second-order valence-electron chi connectivity index (χ2n) is 6.51. The third-order valence-electron chi connectivity index (χ3n) is 4.44. The van der Waals surface area contributed by atoms with Crippen LogP contribution < -0.4 is 0 Å². The van der Waals surface area contributed by atoms with E-state index in [2.05, 4.69) is 22.3 Å². The van der Waals surface area contributed by atoms with Crippen molar-refractivity contribution in [2.45, 2.75) is 25.8 Å². The Morgan fingerprint density at radius 3 is 2.38 bits per heavy atom. The number of H-pyrrole nitrogens is 1. The van der Waals surface area contributed by atoms with E-state index in [0.29, 0.717) is 18.0 Å². The summed E-state index contributed by atoms with van der Waals surface area (Å²) in [7, 11) is 1.82. The Morgan fingerprint density at radius 2 is 1.77 bits per heavy atom. The monoisotopic (exact) mass is 367 g/mol. The van der Waals surface area contributed by atoms with Crippen molar-refractivity contribution in [1.29, 1.82) is 0 Å². The summed E-state index contributed by atoms with van der Waals surface area (Å²) >= 11 is 6.03. The van der Waals surface area contributed by atoms with E-state index in [1.807, 2.05) is 62.5 Å². The molecule has 26 heavy (non-hydrogen) atoms. The van der Waals surface area contributed by atoms with Crippen LogP contribution in [0.5, 0.6) is 0 Å². The van der Waals surface area contributed by atoms with E-state index < -0.39 is 0 Å². The third kappa shape index (κ3) is 4.52. The van der Waals surface area contributed by atoms with Crippen LogP contribution in [0.4, 0.5) is 0 Å². The number of aromatic amines is 1. The third-order valence-corrected chi connectivity index (χ3v) is 4.69. The predicted molar refractivity (Wildman–Crippen MR) is 104 cm³/mol. The number of nitrogens with zero attached hydrogens (tertiary/aromatic N) is 2. The highest BCUT2D eigenvalue weighted by molar-refractivity contribution is 6.30. The lowest BCUT2D eigenvalue weighted by molar-refractivity contribution is -0.130. The topological polar surface area (TPSA) is 49.0 Å². The fraction of sp³-hybridized carbons (Fsp3) is 0.238. The number of benzene rings is 2. The molecule has 1 aromatic heterocycles. The number of hydrogen-bond acceptors (Lipinski definition) is 2. The Labute approximate surface area is 158 Å². The molecule has 1 atom stereocenters.